The summed E-state index contributed by atoms with van der Waals surface area (Å²) in [6.45, 7) is 0. The van der Waals surface area contributed by atoms with Gasteiger partial charge in [0.25, 0.3) is 11.1 Å². The number of pyridine rings is 1. The predicted octanol–water partition coefficient (Wildman–Crippen LogP) is 0.177. The molecule has 0 saturated carbocycles. The molecule has 0 unspecified atom stereocenters. The van der Waals surface area contributed by atoms with Gasteiger partial charge in [0.2, 0.25) is 0 Å². The van der Waals surface area contributed by atoms with Crippen molar-refractivity contribution in [1.82, 2.24) is 15.0 Å². The van der Waals surface area contributed by atoms with Gasteiger partial charge < -0.3 is 9.97 Å². The summed E-state index contributed by atoms with van der Waals surface area (Å²) in [5.41, 5.74) is -0.0955. The van der Waals surface area contributed by atoms with Crippen LogP contribution in [0.2, 0.25) is 0 Å². The van der Waals surface area contributed by atoms with Gasteiger partial charge in [0.05, 0.1) is 5.69 Å². The summed E-state index contributed by atoms with van der Waals surface area (Å²) in [5.74, 6) is 0. The number of aromatic nitrogens is 3. The molecular weight excluding hydrogens is 286 g/mol. The van der Waals surface area contributed by atoms with Crippen LogP contribution >= 0.6 is 11.3 Å². The quantitative estimate of drug-likeness (QED) is 0.708. The van der Waals surface area contributed by atoms with Crippen LogP contribution in [-0.4, -0.2) is 15.0 Å². The van der Waals surface area contributed by atoms with E-state index >= 15 is 0 Å². The van der Waals surface area contributed by atoms with Gasteiger partial charge in [0, 0.05) is 11.1 Å². The van der Waals surface area contributed by atoms with E-state index in [0.29, 0.717) is 5.69 Å². The van der Waals surface area contributed by atoms with Crippen molar-refractivity contribution in [2.75, 3.05) is 0 Å². The number of nitrogens with zero attached hydrogens (tertiary/aromatic N) is 1. The molecule has 0 aliphatic carbocycles. The molecule has 104 valence electrons. The fourth-order valence-electron chi connectivity index (χ4n) is 1.82. The molecule has 2 N–H and O–H groups in total. The van der Waals surface area contributed by atoms with Gasteiger partial charge in [-0.05, 0) is 35.7 Å². The third-order valence-corrected chi connectivity index (χ3v) is 3.61. The topological polar surface area (TPSA) is 78.6 Å². The number of hydrogen-bond acceptors (Lipinski definition) is 4. The van der Waals surface area contributed by atoms with Gasteiger partial charge in [-0.3, -0.25) is 14.6 Å². The first kappa shape index (κ1) is 13.3. The summed E-state index contributed by atoms with van der Waals surface area (Å²) in [7, 11) is 0. The normalized spacial score (nSPS) is 12.8. The predicted molar refractivity (Wildman–Crippen MR) is 82.6 cm³/mol. The lowest BCUT2D eigenvalue weighted by Gasteiger charge is -1.92. The van der Waals surface area contributed by atoms with Crippen molar-refractivity contribution in [1.29, 1.82) is 0 Å². The van der Waals surface area contributed by atoms with Crippen LogP contribution in [0.4, 0.5) is 0 Å². The first-order chi connectivity index (χ1) is 10.2. The Kier molecular flexibility index (Phi) is 3.61. The molecule has 6 heteroatoms. The van der Waals surface area contributed by atoms with E-state index in [1.165, 1.54) is 17.4 Å². The standard InChI is InChI=1S/C15H11N3O2S/c19-14-12(8-10-4-1-2-6-16-10)17-15(20)13(18-14)9-11-5-3-7-21-11/h1-9H,(H,17,20)(H,18,19)/b12-8-,13-9-. The van der Waals surface area contributed by atoms with Crippen molar-refractivity contribution in [3.63, 3.8) is 0 Å². The van der Waals surface area contributed by atoms with Gasteiger partial charge >= 0.3 is 0 Å². The molecule has 0 amide bonds. The van der Waals surface area contributed by atoms with E-state index in [2.05, 4.69) is 15.0 Å². The molecule has 0 atom stereocenters. The number of hydrogen-bond donors (Lipinski definition) is 2. The highest BCUT2D eigenvalue weighted by Gasteiger charge is 1.97. The summed E-state index contributed by atoms with van der Waals surface area (Å²) in [4.78, 5) is 34.2. The van der Waals surface area contributed by atoms with E-state index in [4.69, 9.17) is 0 Å². The second-order valence-corrected chi connectivity index (χ2v) is 5.27. The molecule has 0 spiro atoms. The molecule has 5 nitrogen and oxygen atoms in total. The molecule has 3 aromatic rings. The molecule has 0 fully saturated rings. The van der Waals surface area contributed by atoms with Gasteiger partial charge in [-0.1, -0.05) is 12.1 Å². The largest absolute Gasteiger partial charge is 0.316 e. The Morgan fingerprint density at radius 2 is 1.71 bits per heavy atom. The van der Waals surface area contributed by atoms with E-state index in [1.54, 1.807) is 24.4 Å². The lowest BCUT2D eigenvalue weighted by Crippen LogP contribution is -2.46. The summed E-state index contributed by atoms with van der Waals surface area (Å²) in [5, 5.41) is 2.32. The van der Waals surface area contributed by atoms with Crippen LogP contribution in [0.15, 0.2) is 51.5 Å². The highest BCUT2D eigenvalue weighted by molar-refractivity contribution is 7.10. The van der Waals surface area contributed by atoms with Crippen molar-refractivity contribution < 1.29 is 0 Å². The maximum absolute atomic E-state index is 12.0. The lowest BCUT2D eigenvalue weighted by atomic mass is 10.3. The van der Waals surface area contributed by atoms with E-state index in [0.717, 1.165) is 4.88 Å². The highest BCUT2D eigenvalue weighted by atomic mass is 32.1. The SMILES string of the molecule is O=c1[nH]/c(=C\c2cccs2)c(=O)[nH]/c1=C\c1ccccn1. The van der Waals surface area contributed by atoms with E-state index in [9.17, 15) is 9.59 Å². The second kappa shape index (κ2) is 5.72. The van der Waals surface area contributed by atoms with Gasteiger partial charge in [-0.25, -0.2) is 0 Å². The lowest BCUT2D eigenvalue weighted by molar-refractivity contribution is 1.00. The van der Waals surface area contributed by atoms with Gasteiger partial charge in [-0.15, -0.1) is 11.3 Å². The molecule has 0 saturated heterocycles. The third-order valence-electron chi connectivity index (χ3n) is 2.80. The Balaban J connectivity index is 2.16. The maximum atomic E-state index is 12.0. The van der Waals surface area contributed by atoms with E-state index < -0.39 is 0 Å². The van der Waals surface area contributed by atoms with Crippen LogP contribution in [0.1, 0.15) is 10.6 Å². The molecular formula is C15H11N3O2S. The Bertz CT molecular complexity index is 970. The molecule has 0 aliphatic rings. The summed E-state index contributed by atoms with van der Waals surface area (Å²) >= 11 is 1.49. The van der Waals surface area contributed by atoms with E-state index in [-0.39, 0.29) is 21.8 Å². The summed E-state index contributed by atoms with van der Waals surface area (Å²) in [6.07, 6.45) is 4.81. The van der Waals surface area contributed by atoms with Crippen LogP contribution in [0.25, 0.3) is 12.2 Å². The average Bonchev–Trinajstić information content (AvgIpc) is 2.98. The first-order valence-corrected chi connectivity index (χ1v) is 7.11. The van der Waals surface area contributed by atoms with Crippen LogP contribution in [-0.2, 0) is 0 Å². The van der Waals surface area contributed by atoms with Crippen LogP contribution in [0, 0.1) is 0 Å². The number of aromatic amines is 2. The molecule has 0 radical (unpaired) electrons. The smallest absolute Gasteiger partial charge is 0.272 e. The van der Waals surface area contributed by atoms with Crippen molar-refractivity contribution in [2.24, 2.45) is 0 Å². The van der Waals surface area contributed by atoms with E-state index in [1.807, 2.05) is 23.6 Å². The van der Waals surface area contributed by atoms with Gasteiger partial charge in [0.1, 0.15) is 10.7 Å². The second-order valence-electron chi connectivity index (χ2n) is 4.29. The molecule has 21 heavy (non-hydrogen) atoms. The molecule has 3 heterocycles. The van der Waals surface area contributed by atoms with Gasteiger partial charge in [-0.2, -0.15) is 0 Å². The Labute approximate surface area is 123 Å². The zero-order chi connectivity index (χ0) is 14.7. The average molecular weight is 297 g/mol. The fourth-order valence-corrected chi connectivity index (χ4v) is 2.48. The minimum atomic E-state index is -0.358. The number of nitrogens with one attached hydrogen (secondary N) is 2. The Morgan fingerprint density at radius 1 is 0.952 bits per heavy atom. The monoisotopic (exact) mass is 297 g/mol. The first-order valence-electron chi connectivity index (χ1n) is 6.23. The molecule has 3 rings (SSSR count). The zero-order valence-electron chi connectivity index (χ0n) is 10.9. The zero-order valence-corrected chi connectivity index (χ0v) is 11.7. The molecule has 0 bridgehead atoms. The number of thiophene rings is 1. The Morgan fingerprint density at radius 3 is 2.33 bits per heavy atom. The fraction of sp³-hybridized carbons (Fsp3) is 0. The maximum Gasteiger partial charge on any atom is 0.272 e. The van der Waals surface area contributed by atoms with Gasteiger partial charge in [0.15, 0.2) is 0 Å². The minimum Gasteiger partial charge on any atom is -0.316 e. The van der Waals surface area contributed by atoms with Crippen molar-refractivity contribution in [3.05, 3.63) is 83.9 Å². The highest BCUT2D eigenvalue weighted by Crippen LogP contribution is 2.07. The molecule has 0 aromatic carbocycles. The molecule has 0 aliphatic heterocycles. The third kappa shape index (κ3) is 3.06. The molecule has 3 aromatic heterocycles. The summed E-state index contributed by atoms with van der Waals surface area (Å²) in [6, 6.07) is 9.10. The number of rotatable bonds is 2. The van der Waals surface area contributed by atoms with Crippen LogP contribution in [0.5, 0.6) is 0 Å². The number of H-pyrrole nitrogens is 2. The van der Waals surface area contributed by atoms with Crippen LogP contribution in [0.3, 0.4) is 0 Å². The van der Waals surface area contributed by atoms with Crippen LogP contribution < -0.4 is 21.8 Å². The summed E-state index contributed by atoms with van der Waals surface area (Å²) < 4.78 is 0. The minimum absolute atomic E-state index is 0.182. The van der Waals surface area contributed by atoms with Crippen molar-refractivity contribution in [2.45, 2.75) is 0 Å². The van der Waals surface area contributed by atoms with Crippen molar-refractivity contribution in [3.8, 4) is 0 Å². The van der Waals surface area contributed by atoms with Crippen molar-refractivity contribution >= 4 is 23.5 Å². The Hall–Kier alpha value is -2.73.